The predicted octanol–water partition coefficient (Wildman–Crippen LogP) is 0.639. The number of carbonyl (C=O) groups excluding carboxylic acids is 1. The first-order chi connectivity index (χ1) is 9.68. The zero-order chi connectivity index (χ0) is 14.1. The van der Waals surface area contributed by atoms with E-state index in [0.29, 0.717) is 18.7 Å². The first kappa shape index (κ1) is 13.0. The number of hydrogen-bond donors (Lipinski definition) is 2. The molecule has 0 aliphatic carbocycles. The zero-order valence-corrected chi connectivity index (χ0v) is 11.3. The molecule has 5 heteroatoms. The number of pyridine rings is 1. The summed E-state index contributed by atoms with van der Waals surface area (Å²) in [6.07, 6.45) is 1.13. The topological polar surface area (TPSA) is 65.5 Å². The largest absolute Gasteiger partial charge is 0.390 e. The quantitative estimate of drug-likeness (QED) is 0.841. The van der Waals surface area contributed by atoms with Crippen LogP contribution in [-0.4, -0.2) is 53.2 Å². The smallest absolute Gasteiger partial charge is 0.254 e. The summed E-state index contributed by atoms with van der Waals surface area (Å²) in [5, 5.41) is 13.8. The van der Waals surface area contributed by atoms with Gasteiger partial charge in [-0.05, 0) is 12.1 Å². The summed E-state index contributed by atoms with van der Waals surface area (Å²) < 4.78 is 0. The first-order valence-corrected chi connectivity index (χ1v) is 6.68. The average molecular weight is 271 g/mol. The molecule has 1 aliphatic heterocycles. The van der Waals surface area contributed by atoms with E-state index in [9.17, 15) is 9.90 Å². The Kier molecular flexibility index (Phi) is 3.38. The highest BCUT2D eigenvalue weighted by Crippen LogP contribution is 2.19. The maximum absolute atomic E-state index is 12.7. The summed E-state index contributed by atoms with van der Waals surface area (Å²) in [5.74, 6) is -0.0867. The van der Waals surface area contributed by atoms with Crippen LogP contribution in [0.3, 0.4) is 0 Å². The van der Waals surface area contributed by atoms with Crippen LogP contribution < -0.4 is 5.32 Å². The summed E-state index contributed by atoms with van der Waals surface area (Å²) >= 11 is 0. The minimum absolute atomic E-state index is 0.0867. The molecular weight excluding hydrogens is 254 g/mol. The number of nitrogens with zero attached hydrogens (tertiary/aromatic N) is 2. The molecule has 1 saturated heterocycles. The van der Waals surface area contributed by atoms with E-state index >= 15 is 0 Å². The number of amides is 1. The predicted molar refractivity (Wildman–Crippen MR) is 76.5 cm³/mol. The lowest BCUT2D eigenvalue weighted by Gasteiger charge is -2.26. The molecule has 1 aromatic heterocycles. The van der Waals surface area contributed by atoms with E-state index in [1.807, 2.05) is 24.3 Å². The molecule has 1 aromatic carbocycles. The van der Waals surface area contributed by atoms with Crippen molar-refractivity contribution in [2.45, 2.75) is 12.1 Å². The fourth-order valence-corrected chi connectivity index (χ4v) is 2.67. The van der Waals surface area contributed by atoms with Gasteiger partial charge in [0.05, 0.1) is 23.2 Å². The highest BCUT2D eigenvalue weighted by Gasteiger charge is 2.31. The molecule has 0 saturated carbocycles. The van der Waals surface area contributed by atoms with Crippen LogP contribution in [0.15, 0.2) is 36.5 Å². The Balaban J connectivity index is 1.96. The molecule has 0 spiro atoms. The van der Waals surface area contributed by atoms with E-state index in [-0.39, 0.29) is 11.9 Å². The second-order valence-corrected chi connectivity index (χ2v) is 5.08. The van der Waals surface area contributed by atoms with Crippen LogP contribution in [-0.2, 0) is 0 Å². The Morgan fingerprint density at radius 3 is 2.90 bits per heavy atom. The highest BCUT2D eigenvalue weighted by atomic mass is 16.3. The number of aliphatic hydroxyl groups is 1. The molecule has 2 N–H and O–H groups in total. The minimum atomic E-state index is -0.517. The molecule has 2 aromatic rings. The number of para-hydroxylation sites is 1. The van der Waals surface area contributed by atoms with E-state index in [1.165, 1.54) is 0 Å². The molecule has 1 amide bonds. The van der Waals surface area contributed by atoms with Crippen LogP contribution in [0.25, 0.3) is 10.9 Å². The summed E-state index contributed by atoms with van der Waals surface area (Å²) in [7, 11) is 1.73. The van der Waals surface area contributed by atoms with Gasteiger partial charge in [-0.2, -0.15) is 0 Å². The van der Waals surface area contributed by atoms with Crippen molar-refractivity contribution in [3.05, 3.63) is 42.1 Å². The Labute approximate surface area is 117 Å². The number of β-amino-alcohol motifs (C(OH)–C–C–N with tert-alkyl or cyclic N) is 1. The summed E-state index contributed by atoms with van der Waals surface area (Å²) in [6, 6.07) is 9.13. The number of hydrogen-bond acceptors (Lipinski definition) is 4. The Morgan fingerprint density at radius 1 is 1.35 bits per heavy atom. The highest BCUT2D eigenvalue weighted by molar-refractivity contribution is 6.06. The van der Waals surface area contributed by atoms with Crippen molar-refractivity contribution in [3.63, 3.8) is 0 Å². The first-order valence-electron chi connectivity index (χ1n) is 6.68. The third kappa shape index (κ3) is 2.15. The van der Waals surface area contributed by atoms with Gasteiger partial charge in [0.15, 0.2) is 0 Å². The molecule has 2 atom stereocenters. The van der Waals surface area contributed by atoms with E-state index in [1.54, 1.807) is 24.2 Å². The maximum atomic E-state index is 12.7. The number of nitrogens with one attached hydrogen (secondary N) is 1. The van der Waals surface area contributed by atoms with Gasteiger partial charge in [0.25, 0.3) is 5.91 Å². The standard InChI is InChI=1S/C15H17N3O2/c1-18(13-8-16-9-14(13)19)15(20)11-6-7-17-12-5-3-2-4-10(11)12/h2-7,13-14,16,19H,8-9H2,1H3/t13-,14-/m0/s1. The summed E-state index contributed by atoms with van der Waals surface area (Å²) in [5.41, 5.74) is 1.43. The van der Waals surface area contributed by atoms with Crippen molar-refractivity contribution >= 4 is 16.8 Å². The SMILES string of the molecule is CN(C(=O)c1ccnc2ccccc12)[C@H]1CNC[C@@H]1O. The van der Waals surface area contributed by atoms with E-state index < -0.39 is 6.10 Å². The number of fused-ring (bicyclic) bond motifs is 1. The van der Waals surface area contributed by atoms with E-state index in [2.05, 4.69) is 10.3 Å². The molecule has 0 unspecified atom stereocenters. The number of aromatic nitrogens is 1. The van der Waals surface area contributed by atoms with Gasteiger partial charge in [-0.15, -0.1) is 0 Å². The van der Waals surface area contributed by atoms with Crippen molar-refractivity contribution in [1.82, 2.24) is 15.2 Å². The summed E-state index contributed by atoms with van der Waals surface area (Å²) in [6.45, 7) is 1.14. The van der Waals surface area contributed by atoms with Crippen LogP contribution in [0.4, 0.5) is 0 Å². The second-order valence-electron chi connectivity index (χ2n) is 5.08. The van der Waals surface area contributed by atoms with E-state index in [0.717, 1.165) is 10.9 Å². The van der Waals surface area contributed by atoms with Crippen molar-refractivity contribution < 1.29 is 9.90 Å². The monoisotopic (exact) mass is 271 g/mol. The Bertz CT molecular complexity index is 639. The number of likely N-dealkylation sites (N-methyl/N-ethyl adjacent to an activating group) is 1. The maximum Gasteiger partial charge on any atom is 0.254 e. The van der Waals surface area contributed by atoms with E-state index in [4.69, 9.17) is 0 Å². The average Bonchev–Trinajstić information content (AvgIpc) is 2.91. The zero-order valence-electron chi connectivity index (χ0n) is 11.3. The van der Waals surface area contributed by atoms with Gasteiger partial charge in [-0.3, -0.25) is 9.78 Å². The Morgan fingerprint density at radius 2 is 2.15 bits per heavy atom. The molecule has 5 nitrogen and oxygen atoms in total. The lowest BCUT2D eigenvalue weighted by molar-refractivity contribution is 0.0583. The molecule has 20 heavy (non-hydrogen) atoms. The molecule has 1 fully saturated rings. The van der Waals surface area contributed by atoms with Gasteiger partial charge < -0.3 is 15.3 Å². The fraction of sp³-hybridized carbons (Fsp3) is 0.333. The van der Waals surface area contributed by atoms with Gasteiger partial charge in [0.1, 0.15) is 0 Å². The van der Waals surface area contributed by atoms with Crippen molar-refractivity contribution in [2.75, 3.05) is 20.1 Å². The molecule has 0 radical (unpaired) electrons. The number of aliphatic hydroxyl groups excluding tert-OH is 1. The summed E-state index contributed by atoms with van der Waals surface area (Å²) in [4.78, 5) is 18.5. The number of benzene rings is 1. The van der Waals surface area contributed by atoms with Crippen molar-refractivity contribution in [1.29, 1.82) is 0 Å². The van der Waals surface area contributed by atoms with Crippen molar-refractivity contribution in [2.24, 2.45) is 0 Å². The number of rotatable bonds is 2. The lowest BCUT2D eigenvalue weighted by Crippen LogP contribution is -2.44. The van der Waals surface area contributed by atoms with Gasteiger partial charge in [0, 0.05) is 31.7 Å². The normalized spacial score (nSPS) is 22.1. The lowest BCUT2D eigenvalue weighted by atomic mass is 10.1. The molecule has 0 bridgehead atoms. The van der Waals surface area contributed by atoms with Crippen LogP contribution in [0.5, 0.6) is 0 Å². The van der Waals surface area contributed by atoms with Gasteiger partial charge >= 0.3 is 0 Å². The second kappa shape index (κ2) is 5.19. The van der Waals surface area contributed by atoms with Crippen LogP contribution in [0.2, 0.25) is 0 Å². The van der Waals surface area contributed by atoms with Crippen LogP contribution in [0, 0.1) is 0 Å². The van der Waals surface area contributed by atoms with Gasteiger partial charge in [0.2, 0.25) is 0 Å². The Hall–Kier alpha value is -1.98. The fourth-order valence-electron chi connectivity index (χ4n) is 2.67. The third-order valence-electron chi connectivity index (χ3n) is 3.85. The van der Waals surface area contributed by atoms with Crippen LogP contribution in [0.1, 0.15) is 10.4 Å². The molecule has 3 rings (SSSR count). The molecule has 1 aliphatic rings. The van der Waals surface area contributed by atoms with Gasteiger partial charge in [-0.25, -0.2) is 0 Å². The van der Waals surface area contributed by atoms with Crippen molar-refractivity contribution in [3.8, 4) is 0 Å². The molecular formula is C15H17N3O2. The molecule has 104 valence electrons. The van der Waals surface area contributed by atoms with Gasteiger partial charge in [-0.1, -0.05) is 18.2 Å². The molecule has 2 heterocycles. The van der Waals surface area contributed by atoms with Crippen LogP contribution >= 0.6 is 0 Å². The number of carbonyl (C=O) groups is 1. The third-order valence-corrected chi connectivity index (χ3v) is 3.85. The minimum Gasteiger partial charge on any atom is -0.390 e.